The van der Waals surface area contributed by atoms with Crippen LogP contribution in [0, 0.1) is 0 Å². The van der Waals surface area contributed by atoms with E-state index in [1.54, 1.807) is 6.07 Å². The number of rotatable bonds is 7. The Kier molecular flexibility index (Phi) is 7.17. The fraction of sp³-hybridized carbons (Fsp3) is 0.571. The van der Waals surface area contributed by atoms with Gasteiger partial charge in [-0.3, -0.25) is 4.79 Å². The molecule has 0 fully saturated rings. The fourth-order valence-corrected chi connectivity index (χ4v) is 2.17. The summed E-state index contributed by atoms with van der Waals surface area (Å²) in [6.45, 7) is 4.26. The highest BCUT2D eigenvalue weighted by Gasteiger charge is 2.14. The van der Waals surface area contributed by atoms with Crippen molar-refractivity contribution in [2.24, 2.45) is 0 Å². The number of amides is 1. The molecule has 1 amide bonds. The summed E-state index contributed by atoms with van der Waals surface area (Å²) in [7, 11) is 0. The van der Waals surface area contributed by atoms with Gasteiger partial charge in [0.15, 0.2) is 0 Å². The van der Waals surface area contributed by atoms with Crippen molar-refractivity contribution in [3.8, 4) is 0 Å². The molecule has 1 N–H and O–H groups in total. The van der Waals surface area contributed by atoms with Crippen LogP contribution >= 0.6 is 23.2 Å². The summed E-state index contributed by atoms with van der Waals surface area (Å²) in [6, 6.07) is 1.77. The quantitative estimate of drug-likeness (QED) is 0.755. The highest BCUT2D eigenvalue weighted by Crippen LogP contribution is 2.20. The maximum Gasteiger partial charge on any atom is 0.253 e. The zero-order valence-corrected chi connectivity index (χ0v) is 12.9. The van der Waals surface area contributed by atoms with E-state index in [9.17, 15) is 4.79 Å². The first-order valence-electron chi connectivity index (χ1n) is 6.70. The van der Waals surface area contributed by atoms with E-state index in [-0.39, 0.29) is 17.1 Å². The molecule has 0 aromatic carbocycles. The molecule has 1 atom stereocenters. The molecule has 0 radical (unpaired) electrons. The Morgan fingerprint density at radius 1 is 1.32 bits per heavy atom. The van der Waals surface area contributed by atoms with Gasteiger partial charge in [-0.25, -0.2) is 4.98 Å². The maximum absolute atomic E-state index is 12.1. The van der Waals surface area contributed by atoms with Crippen LogP contribution < -0.4 is 5.32 Å². The number of nitrogens with one attached hydrogen (secondary N) is 1. The second kappa shape index (κ2) is 8.39. The van der Waals surface area contributed by atoms with Crippen molar-refractivity contribution in [2.45, 2.75) is 52.0 Å². The molecule has 0 saturated carbocycles. The summed E-state index contributed by atoms with van der Waals surface area (Å²) in [4.78, 5) is 16.0. The van der Waals surface area contributed by atoms with Crippen LogP contribution in [0.25, 0.3) is 0 Å². The number of aromatic nitrogens is 1. The lowest BCUT2D eigenvalue weighted by Gasteiger charge is -2.17. The van der Waals surface area contributed by atoms with Gasteiger partial charge in [0.05, 0.1) is 10.6 Å². The van der Waals surface area contributed by atoms with E-state index in [1.807, 2.05) is 0 Å². The predicted octanol–water partition coefficient (Wildman–Crippen LogP) is 4.48. The number of pyridine rings is 1. The molecular weight excluding hydrogens is 283 g/mol. The predicted molar refractivity (Wildman–Crippen MR) is 79.9 cm³/mol. The van der Waals surface area contributed by atoms with Crippen molar-refractivity contribution in [1.82, 2.24) is 10.3 Å². The van der Waals surface area contributed by atoms with Crippen molar-refractivity contribution >= 4 is 29.1 Å². The highest BCUT2D eigenvalue weighted by molar-refractivity contribution is 6.41. The van der Waals surface area contributed by atoms with Gasteiger partial charge in [-0.2, -0.15) is 0 Å². The van der Waals surface area contributed by atoms with E-state index in [2.05, 4.69) is 24.1 Å². The standard InChI is InChI=1S/C14H20Cl2N2O/c1-3-5-7-11(6-4-2)18-14(19)10-8-12(15)13(16)17-9-10/h8-9,11H,3-7H2,1-2H3,(H,18,19). The van der Waals surface area contributed by atoms with Crippen molar-refractivity contribution < 1.29 is 4.79 Å². The molecule has 0 bridgehead atoms. The number of halogens is 2. The van der Waals surface area contributed by atoms with Crippen molar-refractivity contribution in [3.05, 3.63) is 28.0 Å². The molecule has 0 aliphatic rings. The van der Waals surface area contributed by atoms with Crippen LogP contribution in [0.1, 0.15) is 56.3 Å². The third-order valence-electron chi connectivity index (χ3n) is 2.94. The van der Waals surface area contributed by atoms with Gasteiger partial charge in [0.25, 0.3) is 5.91 Å². The maximum atomic E-state index is 12.1. The van der Waals surface area contributed by atoms with E-state index in [0.717, 1.165) is 32.1 Å². The van der Waals surface area contributed by atoms with Crippen LogP contribution in [0.15, 0.2) is 12.3 Å². The van der Waals surface area contributed by atoms with E-state index in [1.165, 1.54) is 6.20 Å². The van der Waals surface area contributed by atoms with Crippen molar-refractivity contribution in [3.63, 3.8) is 0 Å². The summed E-state index contributed by atoms with van der Waals surface area (Å²) < 4.78 is 0. The topological polar surface area (TPSA) is 42.0 Å². The first kappa shape index (κ1) is 16.3. The number of carbonyl (C=O) groups excluding carboxylic acids is 1. The van der Waals surface area contributed by atoms with E-state index >= 15 is 0 Å². The summed E-state index contributed by atoms with van der Waals surface area (Å²) in [5.41, 5.74) is 0.451. The number of hydrogen-bond donors (Lipinski definition) is 1. The summed E-state index contributed by atoms with van der Waals surface area (Å²) in [5, 5.41) is 3.55. The zero-order chi connectivity index (χ0) is 14.3. The molecule has 1 heterocycles. The van der Waals surface area contributed by atoms with Gasteiger partial charge in [0.1, 0.15) is 5.15 Å². The molecule has 1 aromatic rings. The molecule has 1 rings (SSSR count). The first-order chi connectivity index (χ1) is 9.08. The van der Waals surface area contributed by atoms with E-state index in [4.69, 9.17) is 23.2 Å². The Hall–Kier alpha value is -0.800. The van der Waals surface area contributed by atoms with Gasteiger partial charge in [-0.1, -0.05) is 56.3 Å². The molecule has 0 aliphatic carbocycles. The third kappa shape index (κ3) is 5.37. The van der Waals surface area contributed by atoms with E-state index < -0.39 is 0 Å². The number of unbranched alkanes of at least 4 members (excludes halogenated alkanes) is 1. The Balaban J connectivity index is 2.66. The minimum atomic E-state index is -0.138. The number of carbonyl (C=O) groups is 1. The van der Waals surface area contributed by atoms with Gasteiger partial charge in [0, 0.05) is 12.2 Å². The van der Waals surface area contributed by atoms with Crippen LogP contribution in [-0.4, -0.2) is 16.9 Å². The smallest absolute Gasteiger partial charge is 0.253 e. The fourth-order valence-electron chi connectivity index (χ4n) is 1.90. The van der Waals surface area contributed by atoms with Gasteiger partial charge in [-0.05, 0) is 18.9 Å². The lowest BCUT2D eigenvalue weighted by Crippen LogP contribution is -2.34. The Morgan fingerprint density at radius 3 is 2.63 bits per heavy atom. The lowest BCUT2D eigenvalue weighted by molar-refractivity contribution is 0.0932. The van der Waals surface area contributed by atoms with Gasteiger partial charge >= 0.3 is 0 Å². The summed E-state index contributed by atoms with van der Waals surface area (Å²) >= 11 is 11.6. The second-order valence-electron chi connectivity index (χ2n) is 4.60. The van der Waals surface area contributed by atoms with Crippen LogP contribution in [0.5, 0.6) is 0 Å². The van der Waals surface area contributed by atoms with Crippen molar-refractivity contribution in [1.29, 1.82) is 0 Å². The third-order valence-corrected chi connectivity index (χ3v) is 3.62. The molecule has 1 unspecified atom stereocenters. The number of nitrogens with zero attached hydrogens (tertiary/aromatic N) is 1. The van der Waals surface area contributed by atoms with Crippen LogP contribution in [0.2, 0.25) is 10.2 Å². The number of hydrogen-bond acceptors (Lipinski definition) is 2. The molecule has 106 valence electrons. The average molecular weight is 303 g/mol. The largest absolute Gasteiger partial charge is 0.349 e. The van der Waals surface area contributed by atoms with Crippen molar-refractivity contribution in [2.75, 3.05) is 0 Å². The average Bonchev–Trinajstić information content (AvgIpc) is 2.39. The summed E-state index contributed by atoms with van der Waals surface area (Å²) in [6.07, 6.45) is 6.74. The molecular formula is C14H20Cl2N2O. The van der Waals surface area contributed by atoms with Crippen LogP contribution in [0.4, 0.5) is 0 Å². The minimum Gasteiger partial charge on any atom is -0.349 e. The Labute approximate surface area is 124 Å². The molecule has 0 aliphatic heterocycles. The van der Waals surface area contributed by atoms with Gasteiger partial charge < -0.3 is 5.32 Å². The molecule has 19 heavy (non-hydrogen) atoms. The molecule has 0 saturated heterocycles. The Morgan fingerprint density at radius 2 is 2.05 bits per heavy atom. The zero-order valence-electron chi connectivity index (χ0n) is 11.4. The minimum absolute atomic E-state index is 0.138. The van der Waals surface area contributed by atoms with E-state index in [0.29, 0.717) is 10.6 Å². The molecule has 5 heteroatoms. The molecule has 0 spiro atoms. The Bertz CT molecular complexity index is 424. The normalized spacial score (nSPS) is 12.2. The van der Waals surface area contributed by atoms with Gasteiger partial charge in [0.2, 0.25) is 0 Å². The monoisotopic (exact) mass is 302 g/mol. The summed E-state index contributed by atoms with van der Waals surface area (Å²) in [5.74, 6) is -0.138. The van der Waals surface area contributed by atoms with Crippen LogP contribution in [-0.2, 0) is 0 Å². The first-order valence-corrected chi connectivity index (χ1v) is 7.46. The second-order valence-corrected chi connectivity index (χ2v) is 5.36. The SMILES string of the molecule is CCCCC(CCC)NC(=O)c1cnc(Cl)c(Cl)c1. The highest BCUT2D eigenvalue weighted by atomic mass is 35.5. The van der Waals surface area contributed by atoms with Gasteiger partial charge in [-0.15, -0.1) is 0 Å². The molecule has 3 nitrogen and oxygen atoms in total. The molecule has 1 aromatic heterocycles. The lowest BCUT2D eigenvalue weighted by atomic mass is 10.0. The van der Waals surface area contributed by atoms with Crippen LogP contribution in [0.3, 0.4) is 0 Å².